The van der Waals surface area contributed by atoms with Gasteiger partial charge in [-0.15, -0.1) is 0 Å². The molecule has 0 atom stereocenters. The van der Waals surface area contributed by atoms with E-state index in [0.29, 0.717) is 35.8 Å². The third kappa shape index (κ3) is 8.45. The Labute approximate surface area is 198 Å². The maximum Gasteiger partial charge on any atom is 0.240 e. The average Bonchev–Trinajstić information content (AvgIpc) is 2.86. The molecule has 0 fully saturated rings. The molecule has 0 spiro atoms. The van der Waals surface area contributed by atoms with E-state index in [1.165, 1.54) is 12.4 Å². The molecule has 2 N–H and O–H groups in total. The van der Waals surface area contributed by atoms with Crippen molar-refractivity contribution in [2.24, 2.45) is 10.2 Å². The molecule has 182 valence electrons. The number of ether oxygens (including phenoxy) is 4. The van der Waals surface area contributed by atoms with Crippen LogP contribution in [0.25, 0.3) is 0 Å². The van der Waals surface area contributed by atoms with Crippen molar-refractivity contribution >= 4 is 24.2 Å². The van der Waals surface area contributed by atoms with E-state index in [4.69, 9.17) is 18.9 Å². The lowest BCUT2D eigenvalue weighted by Crippen LogP contribution is -2.19. The smallest absolute Gasteiger partial charge is 0.240 e. The largest absolute Gasteiger partial charge is 0.493 e. The first kappa shape index (κ1) is 26.2. The zero-order valence-corrected chi connectivity index (χ0v) is 19.8. The number of hydrogen-bond acceptors (Lipinski definition) is 8. The van der Waals surface area contributed by atoms with Gasteiger partial charge in [0.1, 0.15) is 0 Å². The van der Waals surface area contributed by atoms with Crippen LogP contribution in [0.5, 0.6) is 23.0 Å². The molecule has 0 heterocycles. The molecule has 0 aliphatic rings. The highest BCUT2D eigenvalue weighted by molar-refractivity contribution is 5.84. The molecule has 0 saturated heterocycles. The first-order valence-corrected chi connectivity index (χ1v) is 10.6. The van der Waals surface area contributed by atoms with Crippen molar-refractivity contribution in [2.75, 3.05) is 28.4 Å². The molecule has 0 aliphatic heterocycles. The van der Waals surface area contributed by atoms with Crippen LogP contribution in [-0.2, 0) is 9.59 Å². The van der Waals surface area contributed by atoms with Crippen LogP contribution in [0.15, 0.2) is 46.6 Å². The summed E-state index contributed by atoms with van der Waals surface area (Å²) >= 11 is 0. The molecule has 10 heteroatoms. The molecule has 34 heavy (non-hydrogen) atoms. The Balaban J connectivity index is 1.66. The van der Waals surface area contributed by atoms with Crippen LogP contribution < -0.4 is 29.8 Å². The van der Waals surface area contributed by atoms with E-state index in [1.807, 2.05) is 0 Å². The summed E-state index contributed by atoms with van der Waals surface area (Å²) in [6, 6.07) is 10.6. The fourth-order valence-electron chi connectivity index (χ4n) is 2.91. The summed E-state index contributed by atoms with van der Waals surface area (Å²) in [7, 11) is 6.21. The Morgan fingerprint density at radius 2 is 1.06 bits per heavy atom. The van der Waals surface area contributed by atoms with E-state index < -0.39 is 0 Å². The third-order valence-corrected chi connectivity index (χ3v) is 4.68. The summed E-state index contributed by atoms with van der Waals surface area (Å²) < 4.78 is 20.8. The number of unbranched alkanes of at least 4 members (excludes halogenated alkanes) is 1. The molecule has 0 unspecified atom stereocenters. The number of benzene rings is 2. The topological polar surface area (TPSA) is 120 Å². The quantitative estimate of drug-likeness (QED) is 0.264. The van der Waals surface area contributed by atoms with E-state index in [0.717, 1.165) is 11.1 Å². The van der Waals surface area contributed by atoms with Gasteiger partial charge in [0.25, 0.3) is 0 Å². The van der Waals surface area contributed by atoms with Gasteiger partial charge in [-0.05, 0) is 60.4 Å². The number of nitrogens with one attached hydrogen (secondary N) is 2. The lowest BCUT2D eigenvalue weighted by molar-refractivity contribution is -0.123. The van der Waals surface area contributed by atoms with Gasteiger partial charge in [-0.25, -0.2) is 10.9 Å². The average molecular weight is 471 g/mol. The van der Waals surface area contributed by atoms with E-state index in [-0.39, 0.29) is 24.7 Å². The molecule has 2 rings (SSSR count). The van der Waals surface area contributed by atoms with Crippen molar-refractivity contribution in [3.63, 3.8) is 0 Å². The van der Waals surface area contributed by atoms with Gasteiger partial charge < -0.3 is 18.9 Å². The summed E-state index contributed by atoms with van der Waals surface area (Å²) in [5.41, 5.74) is 6.45. The maximum atomic E-state index is 11.9. The molecular formula is C24H30N4O6. The van der Waals surface area contributed by atoms with Crippen molar-refractivity contribution < 1.29 is 28.5 Å². The van der Waals surface area contributed by atoms with Crippen LogP contribution in [0.2, 0.25) is 0 Å². The molecule has 0 aliphatic carbocycles. The standard InChI is InChI=1S/C24H30N4O6/c1-31-19-11-9-17(13-21(19)33-3)15-25-27-23(29)7-5-6-8-24(30)28-26-16-18-10-12-20(32-2)22(14-18)34-4/h9-16H,5-8H2,1-4H3,(H,27,29)(H,28,30). The molecule has 0 bridgehead atoms. The van der Waals surface area contributed by atoms with Crippen molar-refractivity contribution in [3.05, 3.63) is 47.5 Å². The minimum Gasteiger partial charge on any atom is -0.493 e. The Bertz CT molecular complexity index is 941. The van der Waals surface area contributed by atoms with Crippen molar-refractivity contribution in [1.82, 2.24) is 10.9 Å². The maximum absolute atomic E-state index is 11.9. The number of carbonyl (C=O) groups is 2. The van der Waals surface area contributed by atoms with Gasteiger partial charge in [-0.3, -0.25) is 9.59 Å². The Kier molecular flexibility index (Phi) is 10.9. The molecule has 10 nitrogen and oxygen atoms in total. The second-order valence-electron chi connectivity index (χ2n) is 7.02. The van der Waals surface area contributed by atoms with E-state index in [2.05, 4.69) is 21.1 Å². The Hall–Kier alpha value is -4.08. The summed E-state index contributed by atoms with van der Waals surface area (Å²) in [4.78, 5) is 23.8. The number of hydrazone groups is 2. The van der Waals surface area contributed by atoms with Crippen LogP contribution in [0.3, 0.4) is 0 Å². The summed E-state index contributed by atoms with van der Waals surface area (Å²) in [6.07, 6.45) is 4.64. The lowest BCUT2D eigenvalue weighted by Gasteiger charge is -2.07. The second-order valence-corrected chi connectivity index (χ2v) is 7.02. The van der Waals surface area contributed by atoms with E-state index in [9.17, 15) is 9.59 Å². The summed E-state index contributed by atoms with van der Waals surface area (Å²) in [5, 5.41) is 7.89. The van der Waals surface area contributed by atoms with Gasteiger partial charge >= 0.3 is 0 Å². The minimum atomic E-state index is -0.233. The Morgan fingerprint density at radius 1 is 0.676 bits per heavy atom. The van der Waals surface area contributed by atoms with E-state index in [1.54, 1.807) is 64.8 Å². The second kappa shape index (κ2) is 14.1. The van der Waals surface area contributed by atoms with Crippen LogP contribution in [-0.4, -0.2) is 52.7 Å². The van der Waals surface area contributed by atoms with Gasteiger partial charge in [0.05, 0.1) is 40.9 Å². The van der Waals surface area contributed by atoms with Gasteiger partial charge in [-0.1, -0.05) is 0 Å². The normalized spacial score (nSPS) is 10.8. The molecule has 0 saturated carbocycles. The molecular weight excluding hydrogens is 440 g/mol. The summed E-state index contributed by atoms with van der Waals surface area (Å²) in [6.45, 7) is 0. The first-order chi connectivity index (χ1) is 16.5. The monoisotopic (exact) mass is 470 g/mol. The number of rotatable bonds is 13. The van der Waals surface area contributed by atoms with Crippen LogP contribution >= 0.6 is 0 Å². The zero-order valence-electron chi connectivity index (χ0n) is 19.8. The molecule has 2 aromatic rings. The van der Waals surface area contributed by atoms with Gasteiger partial charge in [0.15, 0.2) is 23.0 Å². The molecule has 0 aromatic heterocycles. The number of nitrogens with zero attached hydrogens (tertiary/aromatic N) is 2. The fourth-order valence-corrected chi connectivity index (χ4v) is 2.91. The predicted molar refractivity (Wildman–Crippen MR) is 129 cm³/mol. The molecule has 2 amide bonds. The van der Waals surface area contributed by atoms with Crippen LogP contribution in [0.4, 0.5) is 0 Å². The highest BCUT2D eigenvalue weighted by Gasteiger charge is 2.06. The fraction of sp³-hybridized carbons (Fsp3) is 0.333. The van der Waals surface area contributed by atoms with Crippen LogP contribution in [0, 0.1) is 0 Å². The molecule has 0 radical (unpaired) electrons. The Morgan fingerprint density at radius 3 is 1.41 bits per heavy atom. The van der Waals surface area contributed by atoms with Crippen molar-refractivity contribution in [1.29, 1.82) is 0 Å². The highest BCUT2D eigenvalue weighted by atomic mass is 16.5. The first-order valence-electron chi connectivity index (χ1n) is 10.6. The zero-order chi connectivity index (χ0) is 24.8. The number of hydrogen-bond donors (Lipinski definition) is 2. The van der Waals surface area contributed by atoms with Crippen molar-refractivity contribution in [2.45, 2.75) is 25.7 Å². The van der Waals surface area contributed by atoms with Crippen molar-refractivity contribution in [3.8, 4) is 23.0 Å². The van der Waals surface area contributed by atoms with Gasteiger partial charge in [0.2, 0.25) is 11.8 Å². The van der Waals surface area contributed by atoms with Gasteiger partial charge in [0, 0.05) is 12.8 Å². The number of methoxy groups -OCH3 is 4. The minimum absolute atomic E-state index is 0.233. The van der Waals surface area contributed by atoms with E-state index >= 15 is 0 Å². The SMILES string of the molecule is COc1ccc(C=NNC(=O)CCCCC(=O)NN=Cc2ccc(OC)c(OC)c2)cc1OC. The summed E-state index contributed by atoms with van der Waals surface area (Å²) in [5.74, 6) is 1.90. The number of amides is 2. The molecule has 2 aromatic carbocycles. The highest BCUT2D eigenvalue weighted by Crippen LogP contribution is 2.27. The number of carbonyl (C=O) groups excluding carboxylic acids is 2. The lowest BCUT2D eigenvalue weighted by atomic mass is 10.2. The predicted octanol–water partition coefficient (Wildman–Crippen LogP) is 2.88. The van der Waals surface area contributed by atoms with Gasteiger partial charge in [-0.2, -0.15) is 10.2 Å². The third-order valence-electron chi connectivity index (χ3n) is 4.68. The van der Waals surface area contributed by atoms with Crippen LogP contribution in [0.1, 0.15) is 36.8 Å².